The van der Waals surface area contributed by atoms with Gasteiger partial charge in [0.05, 0.1) is 18.6 Å². The maximum absolute atomic E-state index is 4.93. The molecule has 0 aromatic carbocycles. The van der Waals surface area contributed by atoms with E-state index in [0.29, 0.717) is 0 Å². The lowest BCUT2D eigenvalue weighted by molar-refractivity contribution is 0.199. The Balaban J connectivity index is 2.27. The monoisotopic (exact) mass is 183 g/mol. The molecule has 0 atom stereocenters. The second-order valence-corrected chi connectivity index (χ2v) is 2.84. The van der Waals surface area contributed by atoms with Gasteiger partial charge in [0.15, 0.2) is 0 Å². The Morgan fingerprint density at radius 3 is 3.15 bits per heavy atom. The smallest absolute Gasteiger partial charge is 0.0948 e. The second kappa shape index (κ2) is 5.72. The fraction of sp³-hybridized carbons (Fsp3) is 0.667. The molecule has 0 saturated heterocycles. The number of aromatic nitrogens is 2. The number of hydrogen-bond acceptors (Lipinski definition) is 3. The van der Waals surface area contributed by atoms with Crippen molar-refractivity contribution in [2.24, 2.45) is 0 Å². The zero-order valence-corrected chi connectivity index (χ0v) is 8.29. The first kappa shape index (κ1) is 10.2. The normalized spacial score (nSPS) is 10.6. The summed E-state index contributed by atoms with van der Waals surface area (Å²) in [7, 11) is 1.71. The van der Waals surface area contributed by atoms with Gasteiger partial charge in [0.1, 0.15) is 0 Å². The number of nitrogens with one attached hydrogen (secondary N) is 1. The van der Waals surface area contributed by atoms with Crippen molar-refractivity contribution in [3.05, 3.63) is 18.2 Å². The van der Waals surface area contributed by atoms with Gasteiger partial charge in [0.25, 0.3) is 0 Å². The molecule has 0 aliphatic carbocycles. The Kier molecular flexibility index (Phi) is 4.49. The average Bonchev–Trinajstić information content (AvgIpc) is 2.60. The highest BCUT2D eigenvalue weighted by atomic mass is 16.5. The van der Waals surface area contributed by atoms with Crippen molar-refractivity contribution in [3.63, 3.8) is 0 Å². The number of imidazole rings is 1. The van der Waals surface area contributed by atoms with Gasteiger partial charge in [-0.25, -0.2) is 4.98 Å². The van der Waals surface area contributed by atoms with Gasteiger partial charge < -0.3 is 14.6 Å². The highest BCUT2D eigenvalue weighted by Gasteiger charge is 1.98. The van der Waals surface area contributed by atoms with Crippen molar-refractivity contribution in [1.82, 2.24) is 14.9 Å². The molecule has 0 aliphatic heterocycles. The number of nitrogens with zero attached hydrogens (tertiary/aromatic N) is 2. The maximum atomic E-state index is 4.93. The summed E-state index contributed by atoms with van der Waals surface area (Å²) in [5.74, 6) is 0. The highest BCUT2D eigenvalue weighted by molar-refractivity contribution is 4.97. The van der Waals surface area contributed by atoms with Crippen LogP contribution in [0.2, 0.25) is 0 Å². The first-order chi connectivity index (χ1) is 6.38. The fourth-order valence-electron chi connectivity index (χ4n) is 1.17. The topological polar surface area (TPSA) is 39.1 Å². The van der Waals surface area contributed by atoms with Gasteiger partial charge >= 0.3 is 0 Å². The molecular weight excluding hydrogens is 166 g/mol. The van der Waals surface area contributed by atoms with E-state index in [1.54, 1.807) is 7.11 Å². The second-order valence-electron chi connectivity index (χ2n) is 2.84. The third-order valence-electron chi connectivity index (χ3n) is 1.93. The van der Waals surface area contributed by atoms with Crippen LogP contribution in [0.1, 0.15) is 12.6 Å². The van der Waals surface area contributed by atoms with E-state index >= 15 is 0 Å². The predicted octanol–water partition coefficient (Wildman–Crippen LogP) is 0.639. The molecule has 4 nitrogen and oxygen atoms in total. The van der Waals surface area contributed by atoms with Crippen LogP contribution in [0.3, 0.4) is 0 Å². The zero-order valence-electron chi connectivity index (χ0n) is 8.29. The first-order valence-corrected chi connectivity index (χ1v) is 4.57. The summed E-state index contributed by atoms with van der Waals surface area (Å²) < 4.78 is 7.06. The minimum atomic E-state index is 0.750. The third-order valence-corrected chi connectivity index (χ3v) is 1.93. The van der Waals surface area contributed by atoms with E-state index in [9.17, 15) is 0 Å². The third kappa shape index (κ3) is 3.16. The molecule has 0 radical (unpaired) electrons. The van der Waals surface area contributed by atoms with Crippen LogP contribution in [0.4, 0.5) is 0 Å². The molecule has 1 aromatic heterocycles. The quantitative estimate of drug-likeness (QED) is 0.658. The largest absolute Gasteiger partial charge is 0.383 e. The number of ether oxygens (including phenoxy) is 1. The molecule has 0 bridgehead atoms. The van der Waals surface area contributed by atoms with Gasteiger partial charge in [-0.05, 0) is 6.92 Å². The average molecular weight is 183 g/mol. The molecule has 0 aliphatic rings. The van der Waals surface area contributed by atoms with Crippen molar-refractivity contribution < 1.29 is 4.74 Å². The van der Waals surface area contributed by atoms with Crippen LogP contribution >= 0.6 is 0 Å². The lowest BCUT2D eigenvalue weighted by Crippen LogP contribution is -2.20. The van der Waals surface area contributed by atoms with Gasteiger partial charge in [-0.3, -0.25) is 0 Å². The summed E-state index contributed by atoms with van der Waals surface area (Å²) in [6.45, 7) is 5.57. The molecule has 4 heteroatoms. The fourth-order valence-corrected chi connectivity index (χ4v) is 1.17. The van der Waals surface area contributed by atoms with Gasteiger partial charge in [0.2, 0.25) is 0 Å². The highest BCUT2D eigenvalue weighted by Crippen LogP contribution is 1.97. The van der Waals surface area contributed by atoms with Gasteiger partial charge in [-0.2, -0.15) is 0 Å². The van der Waals surface area contributed by atoms with Crippen LogP contribution in [0.15, 0.2) is 12.5 Å². The molecule has 1 N–H and O–H groups in total. The maximum Gasteiger partial charge on any atom is 0.0948 e. The Morgan fingerprint density at radius 2 is 2.46 bits per heavy atom. The summed E-state index contributed by atoms with van der Waals surface area (Å²) >= 11 is 0. The van der Waals surface area contributed by atoms with Crippen LogP contribution in [0.5, 0.6) is 0 Å². The van der Waals surface area contributed by atoms with Crippen LogP contribution in [-0.4, -0.2) is 29.8 Å². The van der Waals surface area contributed by atoms with Crippen molar-refractivity contribution in [2.75, 3.05) is 20.3 Å². The summed E-state index contributed by atoms with van der Waals surface area (Å²) in [6.07, 6.45) is 3.75. The van der Waals surface area contributed by atoms with Gasteiger partial charge in [-0.1, -0.05) is 0 Å². The van der Waals surface area contributed by atoms with E-state index in [4.69, 9.17) is 4.74 Å². The standard InChI is InChI=1S/C9H17N3O/c1-3-12-8-11-7-9(12)6-10-4-5-13-2/h7-8,10H,3-6H2,1-2H3. The lowest BCUT2D eigenvalue weighted by Gasteiger charge is -2.06. The molecule has 13 heavy (non-hydrogen) atoms. The van der Waals surface area contributed by atoms with Crippen LogP contribution in [0, 0.1) is 0 Å². The van der Waals surface area contributed by atoms with E-state index in [-0.39, 0.29) is 0 Å². The summed E-state index contributed by atoms with van der Waals surface area (Å²) in [5.41, 5.74) is 1.22. The number of aryl methyl sites for hydroxylation is 1. The molecular formula is C9H17N3O. The van der Waals surface area contributed by atoms with Gasteiger partial charge in [-0.15, -0.1) is 0 Å². The SMILES string of the molecule is CCn1cncc1CNCCOC. The van der Waals surface area contributed by atoms with E-state index in [0.717, 1.165) is 26.2 Å². The molecule has 1 aromatic rings. The van der Waals surface area contributed by atoms with E-state index in [1.165, 1.54) is 5.69 Å². The van der Waals surface area contributed by atoms with Gasteiger partial charge in [0, 0.05) is 32.9 Å². The minimum absolute atomic E-state index is 0.750. The van der Waals surface area contributed by atoms with Crippen molar-refractivity contribution >= 4 is 0 Å². The molecule has 0 saturated carbocycles. The molecule has 74 valence electrons. The Morgan fingerprint density at radius 1 is 1.62 bits per heavy atom. The number of rotatable bonds is 6. The van der Waals surface area contributed by atoms with Crippen molar-refractivity contribution in [1.29, 1.82) is 0 Å². The molecule has 1 rings (SSSR count). The summed E-state index contributed by atoms with van der Waals surface area (Å²) in [5, 5.41) is 3.28. The first-order valence-electron chi connectivity index (χ1n) is 4.57. The minimum Gasteiger partial charge on any atom is -0.383 e. The molecule has 0 spiro atoms. The van der Waals surface area contributed by atoms with Crippen LogP contribution in [-0.2, 0) is 17.8 Å². The van der Waals surface area contributed by atoms with E-state index in [1.807, 2.05) is 12.5 Å². The Labute approximate surface area is 78.9 Å². The van der Waals surface area contributed by atoms with Crippen molar-refractivity contribution in [3.8, 4) is 0 Å². The number of methoxy groups -OCH3 is 1. The number of hydrogen-bond donors (Lipinski definition) is 1. The van der Waals surface area contributed by atoms with Crippen LogP contribution in [0.25, 0.3) is 0 Å². The summed E-state index contributed by atoms with van der Waals surface area (Å²) in [6, 6.07) is 0. The molecule has 0 fully saturated rings. The van der Waals surface area contributed by atoms with Crippen LogP contribution < -0.4 is 5.32 Å². The predicted molar refractivity (Wildman–Crippen MR) is 51.5 cm³/mol. The Bertz CT molecular complexity index is 235. The van der Waals surface area contributed by atoms with E-state index < -0.39 is 0 Å². The van der Waals surface area contributed by atoms with E-state index in [2.05, 4.69) is 21.8 Å². The lowest BCUT2D eigenvalue weighted by atomic mass is 10.4. The molecule has 0 unspecified atom stereocenters. The zero-order chi connectivity index (χ0) is 9.52. The van der Waals surface area contributed by atoms with Crippen molar-refractivity contribution in [2.45, 2.75) is 20.0 Å². The summed E-state index contributed by atoms with van der Waals surface area (Å²) in [4.78, 5) is 4.08. The Hall–Kier alpha value is -0.870. The molecule has 0 amide bonds. The molecule has 1 heterocycles.